The first-order valence-electron chi connectivity index (χ1n) is 18.1. The number of H-pyrrole nitrogens is 2. The standard InChI is InChI=1S/C20H20ClN5O3.C19H19ClN4O2/c21-16-4-2-1-3-14(16)15-9-11-10-23-20(26-17(11)25-18(15)27)24-12-5-7-13(8-6-12)29-19(22)28;20-16-4-2-1-3-14(16)15-9-11-10-21-19(24-17(11)23-18(15)26)22-12-5-7-13(25)8-6-12/h1-4,9-10,12-13H,5-8H2,(H2,22,28)(H2,23,24,25,26,27);1-4,9-10,12-13,25H,5-8H2,(H2,21,22,23,24,26). The summed E-state index contributed by atoms with van der Waals surface area (Å²) in [4.78, 5) is 59.2. The number of hydrogen-bond acceptors (Lipinski definition) is 11. The minimum absolute atomic E-state index is 0.136. The van der Waals surface area contributed by atoms with E-state index in [1.54, 1.807) is 42.7 Å². The first-order chi connectivity index (χ1) is 26.6. The monoisotopic (exact) mass is 783 g/mol. The van der Waals surface area contributed by atoms with Crippen LogP contribution in [-0.2, 0) is 4.74 Å². The summed E-state index contributed by atoms with van der Waals surface area (Å²) >= 11 is 12.4. The van der Waals surface area contributed by atoms with E-state index in [0.29, 0.717) is 60.9 Å². The number of aromatic nitrogens is 6. The molecule has 7 N–H and O–H groups in total. The van der Waals surface area contributed by atoms with Crippen LogP contribution in [0.15, 0.2) is 82.6 Å². The van der Waals surface area contributed by atoms with E-state index in [1.165, 1.54) is 0 Å². The molecule has 0 unspecified atom stereocenters. The third-order valence-corrected chi connectivity index (χ3v) is 10.5. The number of anilines is 2. The molecule has 8 rings (SSSR count). The molecule has 2 fully saturated rings. The number of primary amides is 1. The summed E-state index contributed by atoms with van der Waals surface area (Å²) in [7, 11) is 0. The third kappa shape index (κ3) is 9.22. The van der Waals surface area contributed by atoms with E-state index in [-0.39, 0.29) is 35.4 Å². The van der Waals surface area contributed by atoms with Gasteiger partial charge in [0.25, 0.3) is 11.1 Å². The molecule has 1 amide bonds. The SMILES string of the molecule is NC(=O)OC1CCC(Nc2ncc3cc(-c4ccccc4Cl)c(=O)[nH]c3n2)CC1.O=c1[nH]c2nc(NC3CCC(O)CC3)ncc2cc1-c1ccccc1Cl. The van der Waals surface area contributed by atoms with Crippen LogP contribution in [-0.4, -0.2) is 65.4 Å². The normalized spacial score (nSPS) is 19.6. The van der Waals surface area contributed by atoms with Crippen molar-refractivity contribution in [1.29, 1.82) is 0 Å². The Balaban J connectivity index is 0.000000170. The molecular formula is C39H39Cl2N9O5. The van der Waals surface area contributed by atoms with Gasteiger partial charge in [-0.3, -0.25) is 9.59 Å². The summed E-state index contributed by atoms with van der Waals surface area (Å²) in [6.45, 7) is 0. The number of carbonyl (C=O) groups is 1. The van der Waals surface area contributed by atoms with Crippen LogP contribution in [0.1, 0.15) is 51.4 Å². The molecule has 0 radical (unpaired) electrons. The summed E-state index contributed by atoms with van der Waals surface area (Å²) in [6, 6.07) is 18.3. The lowest BCUT2D eigenvalue weighted by Crippen LogP contribution is -2.32. The van der Waals surface area contributed by atoms with Crippen molar-refractivity contribution in [3.8, 4) is 22.3 Å². The number of hydrogen-bond donors (Lipinski definition) is 6. The Morgan fingerprint density at radius 1 is 0.691 bits per heavy atom. The number of nitrogens with one attached hydrogen (secondary N) is 4. The van der Waals surface area contributed by atoms with Crippen LogP contribution in [0, 0.1) is 0 Å². The van der Waals surface area contributed by atoms with Gasteiger partial charge >= 0.3 is 6.09 Å². The van der Waals surface area contributed by atoms with Crippen molar-refractivity contribution in [2.45, 2.75) is 75.7 Å². The quantitative estimate of drug-likeness (QED) is 0.0989. The van der Waals surface area contributed by atoms with Gasteiger partial charge in [-0.15, -0.1) is 0 Å². The number of ether oxygens (including phenoxy) is 1. The number of amides is 1. The molecule has 0 spiro atoms. The topological polar surface area (TPSA) is 214 Å². The highest BCUT2D eigenvalue weighted by Gasteiger charge is 2.24. The van der Waals surface area contributed by atoms with Gasteiger partial charge in [-0.05, 0) is 75.6 Å². The number of nitrogens with zero attached hydrogens (tertiary/aromatic N) is 4. The van der Waals surface area contributed by atoms with Crippen LogP contribution in [0.4, 0.5) is 16.7 Å². The van der Waals surface area contributed by atoms with Crippen LogP contribution >= 0.6 is 23.2 Å². The summed E-state index contributed by atoms with van der Waals surface area (Å²) in [6.07, 6.45) is 8.68. The Bertz CT molecular complexity index is 2440. The first kappa shape index (κ1) is 37.7. The maximum atomic E-state index is 12.6. The molecule has 0 bridgehead atoms. The fraction of sp³-hybridized carbons (Fsp3) is 0.308. The lowest BCUT2D eigenvalue weighted by molar-refractivity contribution is 0.0805. The summed E-state index contributed by atoms with van der Waals surface area (Å²) < 4.78 is 5.05. The largest absolute Gasteiger partial charge is 0.446 e. The highest BCUT2D eigenvalue weighted by atomic mass is 35.5. The van der Waals surface area contributed by atoms with Crippen molar-refractivity contribution in [3.05, 3.63) is 104 Å². The number of fused-ring (bicyclic) bond motifs is 2. The van der Waals surface area contributed by atoms with Crippen molar-refractivity contribution >= 4 is 63.3 Å². The number of aliphatic hydroxyl groups excluding tert-OH is 1. The number of benzene rings is 2. The number of halogens is 2. The Labute approximate surface area is 324 Å². The van der Waals surface area contributed by atoms with E-state index in [9.17, 15) is 19.5 Å². The van der Waals surface area contributed by atoms with Gasteiger partial charge in [-0.1, -0.05) is 59.6 Å². The molecule has 0 aliphatic heterocycles. The van der Waals surface area contributed by atoms with E-state index in [0.717, 1.165) is 56.8 Å². The van der Waals surface area contributed by atoms with Crippen LogP contribution in [0.3, 0.4) is 0 Å². The minimum atomic E-state index is -0.737. The predicted octanol–water partition coefficient (Wildman–Crippen LogP) is 6.81. The Hall–Kier alpha value is -5.57. The van der Waals surface area contributed by atoms with Gasteiger partial charge in [0.15, 0.2) is 0 Å². The van der Waals surface area contributed by atoms with E-state index in [1.807, 2.05) is 30.3 Å². The maximum Gasteiger partial charge on any atom is 0.404 e. The predicted molar refractivity (Wildman–Crippen MR) is 213 cm³/mol. The molecule has 4 heterocycles. The molecular weight excluding hydrogens is 745 g/mol. The van der Waals surface area contributed by atoms with Crippen LogP contribution < -0.4 is 27.5 Å². The summed E-state index contributed by atoms with van der Waals surface area (Å²) in [5, 5.41) is 18.7. The number of rotatable bonds is 7. The molecule has 16 heteroatoms. The Kier molecular flexibility index (Phi) is 11.6. The average Bonchev–Trinajstić information content (AvgIpc) is 3.17. The van der Waals surface area contributed by atoms with E-state index < -0.39 is 6.09 Å². The molecule has 14 nitrogen and oxygen atoms in total. The van der Waals surface area contributed by atoms with Crippen molar-refractivity contribution < 1.29 is 14.6 Å². The highest BCUT2D eigenvalue weighted by Crippen LogP contribution is 2.29. The van der Waals surface area contributed by atoms with Crippen LogP contribution in [0.25, 0.3) is 44.3 Å². The zero-order valence-corrected chi connectivity index (χ0v) is 31.1. The average molecular weight is 785 g/mol. The highest BCUT2D eigenvalue weighted by molar-refractivity contribution is 6.33. The first-order valence-corrected chi connectivity index (χ1v) is 18.8. The van der Waals surface area contributed by atoms with Gasteiger partial charge in [-0.25, -0.2) is 14.8 Å². The molecule has 0 atom stereocenters. The van der Waals surface area contributed by atoms with Crippen molar-refractivity contribution in [1.82, 2.24) is 29.9 Å². The van der Waals surface area contributed by atoms with Gasteiger partial charge in [-0.2, -0.15) is 9.97 Å². The smallest absolute Gasteiger partial charge is 0.404 e. The fourth-order valence-corrected chi connectivity index (χ4v) is 7.43. The van der Waals surface area contributed by atoms with Gasteiger partial charge in [0.1, 0.15) is 17.4 Å². The zero-order valence-electron chi connectivity index (χ0n) is 29.6. The van der Waals surface area contributed by atoms with Gasteiger partial charge < -0.3 is 36.2 Å². The fourth-order valence-electron chi connectivity index (χ4n) is 6.96. The third-order valence-electron chi connectivity index (χ3n) is 9.84. The number of aliphatic hydroxyl groups is 1. The van der Waals surface area contributed by atoms with Crippen LogP contribution in [0.2, 0.25) is 10.0 Å². The number of pyridine rings is 2. The molecule has 2 saturated carbocycles. The summed E-state index contributed by atoms with van der Waals surface area (Å²) in [5.74, 6) is 0.929. The molecule has 6 aromatic rings. The summed E-state index contributed by atoms with van der Waals surface area (Å²) in [5.41, 5.74) is 7.81. The minimum Gasteiger partial charge on any atom is -0.446 e. The van der Waals surface area contributed by atoms with Crippen molar-refractivity contribution in [3.63, 3.8) is 0 Å². The molecule has 0 saturated heterocycles. The van der Waals surface area contributed by atoms with Gasteiger partial charge in [0.2, 0.25) is 11.9 Å². The second-order valence-electron chi connectivity index (χ2n) is 13.7. The Morgan fingerprint density at radius 2 is 1.13 bits per heavy atom. The van der Waals surface area contributed by atoms with Crippen molar-refractivity contribution in [2.75, 3.05) is 10.6 Å². The second kappa shape index (κ2) is 16.8. The zero-order chi connectivity index (χ0) is 38.5. The molecule has 2 aliphatic rings. The van der Waals surface area contributed by atoms with E-state index in [4.69, 9.17) is 33.7 Å². The van der Waals surface area contributed by atoms with Gasteiger partial charge in [0.05, 0.1) is 6.10 Å². The molecule has 284 valence electrons. The van der Waals surface area contributed by atoms with E-state index >= 15 is 0 Å². The molecule has 2 aliphatic carbocycles. The van der Waals surface area contributed by atoms with E-state index in [2.05, 4.69) is 40.5 Å². The maximum absolute atomic E-state index is 12.6. The lowest BCUT2D eigenvalue weighted by Gasteiger charge is -2.28. The Morgan fingerprint density at radius 3 is 1.56 bits per heavy atom. The number of carbonyl (C=O) groups excluding carboxylic acids is 1. The lowest BCUT2D eigenvalue weighted by atomic mass is 9.93. The molecule has 55 heavy (non-hydrogen) atoms. The van der Waals surface area contributed by atoms with Crippen LogP contribution in [0.5, 0.6) is 0 Å². The van der Waals surface area contributed by atoms with Crippen molar-refractivity contribution in [2.24, 2.45) is 5.73 Å². The van der Waals surface area contributed by atoms with Gasteiger partial charge in [0, 0.05) is 67.5 Å². The molecule has 2 aromatic carbocycles. The second-order valence-corrected chi connectivity index (χ2v) is 14.5. The molecule has 4 aromatic heterocycles. The number of nitrogens with two attached hydrogens (primary N) is 1. The number of aromatic amines is 2.